The van der Waals surface area contributed by atoms with E-state index < -0.39 is 5.60 Å². The Kier molecular flexibility index (Phi) is 10.3. The van der Waals surface area contributed by atoms with Crippen LogP contribution in [0.25, 0.3) is 17.2 Å². The zero-order valence-electron chi connectivity index (χ0n) is 24.9. The average Bonchev–Trinajstić information content (AvgIpc) is 2.94. The van der Waals surface area contributed by atoms with Gasteiger partial charge in [-0.15, -0.1) is 0 Å². The lowest BCUT2D eigenvalue weighted by Crippen LogP contribution is -2.26. The van der Waals surface area contributed by atoms with Crippen molar-refractivity contribution in [2.45, 2.75) is 91.1 Å². The van der Waals surface area contributed by atoms with Crippen LogP contribution in [0.3, 0.4) is 0 Å². The minimum Gasteiger partial charge on any atom is -0.469 e. The Bertz CT molecular complexity index is 1280. The van der Waals surface area contributed by atoms with Gasteiger partial charge in [0.25, 0.3) is 0 Å². The quantitative estimate of drug-likeness (QED) is 0.240. The van der Waals surface area contributed by atoms with Crippen LogP contribution in [0.15, 0.2) is 66.7 Å². The number of aryl methyl sites for hydroxylation is 2. The van der Waals surface area contributed by atoms with Gasteiger partial charge in [-0.25, -0.2) is 0 Å². The van der Waals surface area contributed by atoms with Gasteiger partial charge in [0, 0.05) is 5.41 Å². The standard InChI is InChI=1S/C36H46O3/c1-8-21-35(38,9-2)22-20-29-16-17-31(23-26(29)5)36(10-3,11-4)32-18-19-33(27(6)24-32)30-14-12-28(13-15-30)25-34(37)39-7/h12-20,22-24,38H,8-11,21,25H2,1-7H3/b22-20+. The minimum atomic E-state index is -0.739. The fourth-order valence-electron chi connectivity index (χ4n) is 5.78. The third-order valence-electron chi connectivity index (χ3n) is 8.52. The van der Waals surface area contributed by atoms with Crippen LogP contribution in [0.5, 0.6) is 0 Å². The molecular formula is C36H46O3. The Labute approximate surface area is 235 Å². The van der Waals surface area contributed by atoms with Crippen molar-refractivity contribution in [2.75, 3.05) is 7.11 Å². The van der Waals surface area contributed by atoms with Gasteiger partial charge in [-0.2, -0.15) is 0 Å². The van der Waals surface area contributed by atoms with Crippen molar-refractivity contribution in [3.63, 3.8) is 0 Å². The molecule has 39 heavy (non-hydrogen) atoms. The Morgan fingerprint density at radius 1 is 0.846 bits per heavy atom. The predicted octanol–water partition coefficient (Wildman–Crippen LogP) is 8.75. The molecule has 0 aliphatic rings. The zero-order valence-corrected chi connectivity index (χ0v) is 24.9. The molecule has 3 aromatic rings. The Hall–Kier alpha value is -3.17. The first kappa shape index (κ1) is 30.4. The molecule has 0 saturated heterocycles. The summed E-state index contributed by atoms with van der Waals surface area (Å²) in [5.74, 6) is -0.225. The topological polar surface area (TPSA) is 46.5 Å². The molecule has 3 rings (SSSR count). The van der Waals surface area contributed by atoms with E-state index in [0.717, 1.165) is 48.8 Å². The Morgan fingerprint density at radius 2 is 1.46 bits per heavy atom. The molecule has 0 heterocycles. The van der Waals surface area contributed by atoms with E-state index in [1.807, 2.05) is 25.1 Å². The summed E-state index contributed by atoms with van der Waals surface area (Å²) >= 11 is 0. The molecule has 0 radical (unpaired) electrons. The molecule has 0 aromatic heterocycles. The summed E-state index contributed by atoms with van der Waals surface area (Å²) in [4.78, 5) is 11.6. The summed E-state index contributed by atoms with van der Waals surface area (Å²) in [6.45, 7) is 13.1. The summed E-state index contributed by atoms with van der Waals surface area (Å²) in [6.07, 6.45) is 8.83. The monoisotopic (exact) mass is 526 g/mol. The molecule has 208 valence electrons. The van der Waals surface area contributed by atoms with Gasteiger partial charge in [-0.1, -0.05) is 107 Å². The van der Waals surface area contributed by atoms with Gasteiger partial charge in [-0.3, -0.25) is 4.79 Å². The maximum absolute atomic E-state index is 11.6. The first-order valence-corrected chi connectivity index (χ1v) is 14.4. The van der Waals surface area contributed by atoms with E-state index in [4.69, 9.17) is 4.74 Å². The van der Waals surface area contributed by atoms with Gasteiger partial charge in [0.15, 0.2) is 0 Å². The van der Waals surface area contributed by atoms with E-state index in [1.54, 1.807) is 0 Å². The number of hydrogen-bond donors (Lipinski definition) is 1. The van der Waals surface area contributed by atoms with E-state index in [-0.39, 0.29) is 17.8 Å². The van der Waals surface area contributed by atoms with Crippen LogP contribution in [-0.2, 0) is 21.4 Å². The molecular weight excluding hydrogens is 480 g/mol. The first-order valence-electron chi connectivity index (χ1n) is 14.4. The number of rotatable bonds is 12. The van der Waals surface area contributed by atoms with Gasteiger partial charge in [0.1, 0.15) is 0 Å². The number of aliphatic hydroxyl groups is 1. The summed E-state index contributed by atoms with van der Waals surface area (Å²) in [7, 11) is 1.42. The van der Waals surface area contributed by atoms with Crippen LogP contribution in [0.2, 0.25) is 0 Å². The molecule has 0 amide bonds. The molecule has 0 fully saturated rings. The number of benzene rings is 3. The highest BCUT2D eigenvalue weighted by Gasteiger charge is 2.31. The molecule has 3 aromatic carbocycles. The molecule has 3 heteroatoms. The van der Waals surface area contributed by atoms with Gasteiger partial charge < -0.3 is 9.84 Å². The fourth-order valence-corrected chi connectivity index (χ4v) is 5.78. The lowest BCUT2D eigenvalue weighted by Gasteiger charge is -2.34. The molecule has 0 bridgehead atoms. The highest BCUT2D eigenvalue weighted by atomic mass is 16.5. The second kappa shape index (κ2) is 13.3. The second-order valence-electron chi connectivity index (χ2n) is 10.9. The van der Waals surface area contributed by atoms with Crippen molar-refractivity contribution in [3.8, 4) is 11.1 Å². The van der Waals surface area contributed by atoms with Gasteiger partial charge >= 0.3 is 5.97 Å². The lowest BCUT2D eigenvalue weighted by atomic mass is 9.69. The smallest absolute Gasteiger partial charge is 0.309 e. The Balaban J connectivity index is 1.93. The number of ether oxygens (including phenoxy) is 1. The molecule has 1 unspecified atom stereocenters. The van der Waals surface area contributed by atoms with E-state index in [9.17, 15) is 9.90 Å². The molecule has 0 spiro atoms. The van der Waals surface area contributed by atoms with Crippen molar-refractivity contribution < 1.29 is 14.6 Å². The third-order valence-corrected chi connectivity index (χ3v) is 8.52. The van der Waals surface area contributed by atoms with Crippen LogP contribution in [0.4, 0.5) is 0 Å². The van der Waals surface area contributed by atoms with Crippen molar-refractivity contribution in [3.05, 3.63) is 100 Å². The molecule has 1 N–H and O–H groups in total. The van der Waals surface area contributed by atoms with Crippen LogP contribution in [-0.4, -0.2) is 23.8 Å². The highest BCUT2D eigenvalue weighted by molar-refractivity contribution is 5.73. The summed E-state index contributed by atoms with van der Waals surface area (Å²) in [5, 5.41) is 10.9. The number of carbonyl (C=O) groups is 1. The van der Waals surface area contributed by atoms with Crippen molar-refractivity contribution in [1.82, 2.24) is 0 Å². The molecule has 3 nitrogen and oxygen atoms in total. The van der Waals surface area contributed by atoms with Crippen LogP contribution in [0, 0.1) is 13.8 Å². The lowest BCUT2D eigenvalue weighted by molar-refractivity contribution is -0.139. The number of esters is 1. The van der Waals surface area contributed by atoms with Crippen molar-refractivity contribution in [2.24, 2.45) is 0 Å². The summed E-state index contributed by atoms with van der Waals surface area (Å²) < 4.78 is 4.79. The largest absolute Gasteiger partial charge is 0.469 e. The SMILES string of the molecule is CCCC(O)(/C=C/c1ccc(C(CC)(CC)c2ccc(-c3ccc(CC(=O)OC)cc3)c(C)c2)cc1C)CC. The average molecular weight is 527 g/mol. The molecule has 0 aliphatic heterocycles. The number of methoxy groups -OCH3 is 1. The van der Waals surface area contributed by atoms with Gasteiger partial charge in [0.05, 0.1) is 19.1 Å². The van der Waals surface area contributed by atoms with Crippen LogP contribution in [0.1, 0.15) is 93.2 Å². The van der Waals surface area contributed by atoms with E-state index in [2.05, 4.69) is 89.2 Å². The zero-order chi connectivity index (χ0) is 28.6. The van der Waals surface area contributed by atoms with E-state index >= 15 is 0 Å². The third kappa shape index (κ3) is 6.89. The fraction of sp³-hybridized carbons (Fsp3) is 0.417. The van der Waals surface area contributed by atoms with Gasteiger partial charge in [-0.05, 0) is 84.0 Å². The van der Waals surface area contributed by atoms with Crippen LogP contribution >= 0.6 is 0 Å². The molecule has 0 aliphatic carbocycles. The normalized spacial score (nSPS) is 13.4. The van der Waals surface area contributed by atoms with Crippen molar-refractivity contribution >= 4 is 12.0 Å². The second-order valence-corrected chi connectivity index (χ2v) is 10.9. The van der Waals surface area contributed by atoms with E-state index in [1.165, 1.54) is 34.9 Å². The summed E-state index contributed by atoms with van der Waals surface area (Å²) in [6, 6.07) is 21.9. The Morgan fingerprint density at radius 3 is 1.97 bits per heavy atom. The summed E-state index contributed by atoms with van der Waals surface area (Å²) in [5.41, 5.74) is 8.78. The maximum atomic E-state index is 11.6. The van der Waals surface area contributed by atoms with Crippen molar-refractivity contribution in [1.29, 1.82) is 0 Å². The van der Waals surface area contributed by atoms with Gasteiger partial charge in [0.2, 0.25) is 0 Å². The predicted molar refractivity (Wildman–Crippen MR) is 164 cm³/mol. The maximum Gasteiger partial charge on any atom is 0.309 e. The first-order chi connectivity index (χ1) is 18.6. The number of carbonyl (C=O) groups excluding carboxylic acids is 1. The van der Waals surface area contributed by atoms with E-state index in [0.29, 0.717) is 0 Å². The highest BCUT2D eigenvalue weighted by Crippen LogP contribution is 2.41. The number of hydrogen-bond acceptors (Lipinski definition) is 3. The van der Waals surface area contributed by atoms with Crippen LogP contribution < -0.4 is 0 Å². The minimum absolute atomic E-state index is 0.0764. The molecule has 0 saturated carbocycles. The molecule has 1 atom stereocenters.